The van der Waals surface area contributed by atoms with Crippen molar-refractivity contribution in [1.82, 2.24) is 15.5 Å². The summed E-state index contributed by atoms with van der Waals surface area (Å²) in [6.07, 6.45) is 0.227. The molecule has 0 bridgehead atoms. The average Bonchev–Trinajstić information content (AvgIpc) is 2.75. The van der Waals surface area contributed by atoms with E-state index in [4.69, 9.17) is 4.74 Å². The second-order valence-corrected chi connectivity index (χ2v) is 12.0. The van der Waals surface area contributed by atoms with Crippen LogP contribution in [0.25, 0.3) is 0 Å². The van der Waals surface area contributed by atoms with Crippen LogP contribution in [0.5, 0.6) is 0 Å². The summed E-state index contributed by atoms with van der Waals surface area (Å²) in [4.78, 5) is 42.5. The molecule has 2 aromatic rings. The fraction of sp³-hybridized carbons (Fsp3) is 0.516. The number of amides is 3. The van der Waals surface area contributed by atoms with Gasteiger partial charge in [0.1, 0.15) is 17.7 Å². The maximum atomic E-state index is 14.3. The number of ether oxygens (including phenoxy) is 1. The van der Waals surface area contributed by atoms with Crippen molar-refractivity contribution in [2.75, 3.05) is 6.54 Å². The number of benzene rings is 2. The molecule has 2 atom stereocenters. The number of nitrogens with one attached hydrogen (secondary N) is 2. The van der Waals surface area contributed by atoms with E-state index in [2.05, 4.69) is 10.6 Å². The molecule has 0 aliphatic heterocycles. The van der Waals surface area contributed by atoms with E-state index in [1.54, 1.807) is 25.7 Å². The second kappa shape index (κ2) is 12.9. The number of carbonyl (C=O) groups is 3. The highest BCUT2D eigenvalue weighted by molar-refractivity contribution is 5.92. The molecule has 2 aromatic carbocycles. The van der Waals surface area contributed by atoms with Crippen LogP contribution in [0.4, 0.5) is 4.79 Å². The summed E-state index contributed by atoms with van der Waals surface area (Å²) < 4.78 is 5.49. The van der Waals surface area contributed by atoms with E-state index < -0.39 is 29.3 Å². The van der Waals surface area contributed by atoms with E-state index in [1.165, 1.54) is 0 Å². The minimum Gasteiger partial charge on any atom is -0.444 e. The molecule has 0 aliphatic rings. The zero-order valence-corrected chi connectivity index (χ0v) is 24.5. The van der Waals surface area contributed by atoms with Crippen LogP contribution >= 0.6 is 0 Å². The molecule has 0 aliphatic carbocycles. The normalized spacial score (nSPS) is 13.3. The van der Waals surface area contributed by atoms with Crippen LogP contribution < -0.4 is 10.6 Å². The van der Waals surface area contributed by atoms with Gasteiger partial charge in [0.15, 0.2) is 0 Å². The van der Waals surface area contributed by atoms with Crippen molar-refractivity contribution in [2.24, 2.45) is 0 Å². The van der Waals surface area contributed by atoms with Gasteiger partial charge >= 0.3 is 6.09 Å². The third-order valence-corrected chi connectivity index (χ3v) is 5.64. The Kier molecular flexibility index (Phi) is 10.5. The first-order chi connectivity index (χ1) is 17.6. The molecular formula is C31H45N3O4. The summed E-state index contributed by atoms with van der Waals surface area (Å²) >= 11 is 0. The number of rotatable bonds is 9. The summed E-state index contributed by atoms with van der Waals surface area (Å²) in [6.45, 7) is 17.3. The van der Waals surface area contributed by atoms with Gasteiger partial charge in [0.05, 0.1) is 0 Å². The van der Waals surface area contributed by atoms with Crippen LogP contribution in [0.3, 0.4) is 0 Å². The van der Waals surface area contributed by atoms with Gasteiger partial charge in [0.25, 0.3) is 0 Å². The number of hydrogen-bond acceptors (Lipinski definition) is 4. The Labute approximate surface area is 228 Å². The van der Waals surface area contributed by atoms with Gasteiger partial charge in [0.2, 0.25) is 11.8 Å². The quantitative estimate of drug-likeness (QED) is 0.446. The van der Waals surface area contributed by atoms with Gasteiger partial charge in [-0.2, -0.15) is 0 Å². The monoisotopic (exact) mass is 523 g/mol. The van der Waals surface area contributed by atoms with E-state index in [0.29, 0.717) is 13.0 Å². The van der Waals surface area contributed by atoms with Crippen LogP contribution in [0.1, 0.15) is 83.2 Å². The zero-order valence-electron chi connectivity index (χ0n) is 24.5. The molecule has 0 saturated carbocycles. The largest absolute Gasteiger partial charge is 0.444 e. The number of nitrogens with zero attached hydrogens (tertiary/aromatic N) is 1. The lowest BCUT2D eigenvalue weighted by molar-refractivity contribution is -0.143. The molecule has 2 unspecified atom stereocenters. The van der Waals surface area contributed by atoms with E-state index in [-0.39, 0.29) is 18.2 Å². The van der Waals surface area contributed by atoms with Gasteiger partial charge < -0.3 is 20.3 Å². The molecule has 38 heavy (non-hydrogen) atoms. The van der Waals surface area contributed by atoms with Crippen molar-refractivity contribution in [3.63, 3.8) is 0 Å². The Morgan fingerprint density at radius 3 is 2.00 bits per heavy atom. The Bertz CT molecular complexity index is 1080. The van der Waals surface area contributed by atoms with Crippen molar-refractivity contribution in [2.45, 2.75) is 98.4 Å². The molecule has 7 nitrogen and oxygen atoms in total. The Morgan fingerprint density at radius 1 is 0.921 bits per heavy atom. The minimum absolute atomic E-state index is 0.263. The molecule has 0 radical (unpaired) electrons. The Hall–Kier alpha value is -3.35. The van der Waals surface area contributed by atoms with Crippen molar-refractivity contribution >= 4 is 17.9 Å². The molecule has 0 fully saturated rings. The predicted molar refractivity (Wildman–Crippen MR) is 152 cm³/mol. The highest BCUT2D eigenvalue weighted by atomic mass is 16.6. The summed E-state index contributed by atoms with van der Waals surface area (Å²) in [6, 6.07) is 13.7. The van der Waals surface area contributed by atoms with Crippen LogP contribution in [-0.2, 0) is 20.7 Å². The SMILES string of the molecule is CCCN(C(=O)C(Cc1ccccc1)NC(=O)OC(C)(C)C)C(C(=O)NC(C)(C)C)c1cc(C)cc(C)c1. The predicted octanol–water partition coefficient (Wildman–Crippen LogP) is 5.63. The van der Waals surface area contributed by atoms with Gasteiger partial charge in [-0.05, 0) is 72.9 Å². The third-order valence-electron chi connectivity index (χ3n) is 5.64. The molecule has 208 valence electrons. The summed E-state index contributed by atoms with van der Waals surface area (Å²) in [7, 11) is 0. The molecule has 0 saturated heterocycles. The first-order valence-corrected chi connectivity index (χ1v) is 13.3. The number of hydrogen-bond donors (Lipinski definition) is 2. The molecule has 0 aromatic heterocycles. The first kappa shape index (κ1) is 30.9. The highest BCUT2D eigenvalue weighted by Crippen LogP contribution is 2.26. The average molecular weight is 524 g/mol. The highest BCUT2D eigenvalue weighted by Gasteiger charge is 2.37. The molecule has 7 heteroatoms. The van der Waals surface area contributed by atoms with Crippen LogP contribution in [0, 0.1) is 13.8 Å². The van der Waals surface area contributed by atoms with Gasteiger partial charge in [-0.25, -0.2) is 4.79 Å². The summed E-state index contributed by atoms with van der Waals surface area (Å²) in [5, 5.41) is 5.86. The molecular weight excluding hydrogens is 478 g/mol. The Balaban J connectivity index is 2.57. The van der Waals surface area contributed by atoms with Crippen molar-refractivity contribution in [1.29, 1.82) is 0 Å². The Morgan fingerprint density at radius 2 is 1.50 bits per heavy atom. The number of alkyl carbamates (subject to hydrolysis) is 1. The first-order valence-electron chi connectivity index (χ1n) is 13.3. The zero-order chi connectivity index (χ0) is 28.7. The smallest absolute Gasteiger partial charge is 0.408 e. The topological polar surface area (TPSA) is 87.7 Å². The fourth-order valence-electron chi connectivity index (χ4n) is 4.39. The van der Waals surface area contributed by atoms with Crippen LogP contribution in [0.2, 0.25) is 0 Å². The van der Waals surface area contributed by atoms with E-state index in [9.17, 15) is 14.4 Å². The lowest BCUT2D eigenvalue weighted by Crippen LogP contribution is -2.55. The van der Waals surface area contributed by atoms with Crippen molar-refractivity contribution in [3.05, 3.63) is 70.8 Å². The molecule has 2 N–H and O–H groups in total. The van der Waals surface area contributed by atoms with Crippen LogP contribution in [0.15, 0.2) is 48.5 Å². The molecule has 2 rings (SSSR count). The second-order valence-electron chi connectivity index (χ2n) is 12.0. The van der Waals surface area contributed by atoms with Gasteiger partial charge in [-0.1, -0.05) is 66.6 Å². The standard InChI is InChI=1S/C31H45N3O4/c1-10-16-34(26(27(35)33-30(4,5)6)24-18-21(2)17-22(3)19-24)28(36)25(20-23-14-12-11-13-15-23)32-29(37)38-31(7,8)9/h11-15,17-19,25-26H,10,16,20H2,1-9H3,(H,32,37)(H,33,35). The van der Waals surface area contributed by atoms with Gasteiger partial charge in [-0.3, -0.25) is 9.59 Å². The maximum absolute atomic E-state index is 14.3. The van der Waals surface area contributed by atoms with Gasteiger partial charge in [0, 0.05) is 18.5 Å². The molecule has 0 heterocycles. The van der Waals surface area contributed by atoms with Crippen molar-refractivity contribution in [3.8, 4) is 0 Å². The lowest BCUT2D eigenvalue weighted by Gasteiger charge is -2.36. The van der Waals surface area contributed by atoms with Crippen molar-refractivity contribution < 1.29 is 19.1 Å². The maximum Gasteiger partial charge on any atom is 0.408 e. The van der Waals surface area contributed by atoms with Gasteiger partial charge in [-0.15, -0.1) is 0 Å². The van der Waals surface area contributed by atoms with E-state index in [0.717, 1.165) is 22.3 Å². The third kappa shape index (κ3) is 9.84. The van der Waals surface area contributed by atoms with E-state index in [1.807, 2.05) is 90.1 Å². The van der Waals surface area contributed by atoms with E-state index >= 15 is 0 Å². The minimum atomic E-state index is -0.922. The lowest BCUT2D eigenvalue weighted by atomic mass is 9.96. The number of carbonyl (C=O) groups excluding carboxylic acids is 3. The van der Waals surface area contributed by atoms with Crippen LogP contribution in [-0.4, -0.2) is 46.5 Å². The number of aryl methyl sites for hydroxylation is 2. The summed E-state index contributed by atoms with van der Waals surface area (Å²) in [5.74, 6) is -0.602. The summed E-state index contributed by atoms with van der Waals surface area (Å²) in [5.41, 5.74) is 2.42. The molecule has 0 spiro atoms. The molecule has 3 amide bonds. The fourth-order valence-corrected chi connectivity index (χ4v) is 4.39.